The summed E-state index contributed by atoms with van der Waals surface area (Å²) in [7, 11) is -3.63. The molecule has 0 fully saturated rings. The lowest BCUT2D eigenvalue weighted by atomic mass is 10.1. The van der Waals surface area contributed by atoms with Gasteiger partial charge >= 0.3 is 0 Å². The lowest BCUT2D eigenvalue weighted by Gasteiger charge is -2.23. The van der Waals surface area contributed by atoms with E-state index in [-0.39, 0.29) is 31.2 Å². The summed E-state index contributed by atoms with van der Waals surface area (Å²) in [5.74, 6) is -0.447. The van der Waals surface area contributed by atoms with Crippen LogP contribution < -0.4 is 0 Å². The molecule has 176 valence electrons. The molecule has 0 saturated carbocycles. The van der Waals surface area contributed by atoms with Crippen molar-refractivity contribution in [1.29, 1.82) is 0 Å². The van der Waals surface area contributed by atoms with Crippen LogP contribution >= 0.6 is 15.9 Å². The van der Waals surface area contributed by atoms with Crippen LogP contribution in [-0.4, -0.2) is 28.3 Å². The zero-order valence-electron chi connectivity index (χ0n) is 18.7. The molecular formula is C26H25BrFN3O2S. The van der Waals surface area contributed by atoms with E-state index in [2.05, 4.69) is 21.0 Å². The Morgan fingerprint density at radius 2 is 1.41 bits per heavy atom. The number of rotatable bonds is 9. The molecule has 3 aromatic carbocycles. The number of halogens is 2. The fourth-order valence-corrected chi connectivity index (χ4v) is 5.63. The highest BCUT2D eigenvalue weighted by molar-refractivity contribution is 9.10. The molecule has 0 N–H and O–H groups in total. The van der Waals surface area contributed by atoms with Crippen LogP contribution in [0.4, 0.5) is 4.39 Å². The van der Waals surface area contributed by atoms with Crippen LogP contribution in [0.2, 0.25) is 0 Å². The minimum Gasteiger partial charge on any atom is -0.262 e. The van der Waals surface area contributed by atoms with Crippen molar-refractivity contribution >= 4 is 26.0 Å². The average Bonchev–Trinajstić information content (AvgIpc) is 3.12. The lowest BCUT2D eigenvalue weighted by molar-refractivity contribution is 0.398. The summed E-state index contributed by atoms with van der Waals surface area (Å²) in [5.41, 5.74) is 4.07. The maximum absolute atomic E-state index is 13.5. The van der Waals surface area contributed by atoms with E-state index >= 15 is 0 Å². The number of aryl methyl sites for hydroxylation is 2. The maximum atomic E-state index is 13.5. The van der Waals surface area contributed by atoms with E-state index < -0.39 is 10.0 Å². The number of aromatic nitrogens is 2. The smallest absolute Gasteiger partial charge is 0.216 e. The van der Waals surface area contributed by atoms with E-state index in [1.165, 1.54) is 16.4 Å². The highest BCUT2D eigenvalue weighted by atomic mass is 79.9. The standard InChI is InChI=1S/C26H25BrFN3O2S/c1-20-25(27)26(23-12-14-24(28)15-13-23)31(29-20)16-17-34(32,33)30(18-21-8-4-2-5-9-21)19-22-10-6-3-7-11-22/h2-15H,16-19H2,1H3. The van der Waals surface area contributed by atoms with Crippen LogP contribution in [0.25, 0.3) is 11.3 Å². The van der Waals surface area contributed by atoms with E-state index in [9.17, 15) is 12.8 Å². The summed E-state index contributed by atoms with van der Waals surface area (Å²) in [6, 6.07) is 25.2. The fourth-order valence-electron chi connectivity index (χ4n) is 3.76. The van der Waals surface area contributed by atoms with Crippen LogP contribution in [0.1, 0.15) is 16.8 Å². The van der Waals surface area contributed by atoms with Crippen molar-refractivity contribution < 1.29 is 12.8 Å². The highest BCUT2D eigenvalue weighted by Gasteiger charge is 2.24. The Hall–Kier alpha value is -2.81. The molecule has 34 heavy (non-hydrogen) atoms. The van der Waals surface area contributed by atoms with Gasteiger partial charge in [-0.15, -0.1) is 0 Å². The van der Waals surface area contributed by atoms with Gasteiger partial charge in [0.15, 0.2) is 0 Å². The van der Waals surface area contributed by atoms with Crippen molar-refractivity contribution in [2.24, 2.45) is 0 Å². The second kappa shape index (κ2) is 10.6. The Balaban J connectivity index is 1.60. The first-order valence-electron chi connectivity index (χ1n) is 10.9. The first-order valence-corrected chi connectivity index (χ1v) is 13.3. The predicted octanol–water partition coefficient (Wildman–Crippen LogP) is 5.79. The molecular weight excluding hydrogens is 517 g/mol. The van der Waals surface area contributed by atoms with Gasteiger partial charge in [-0.25, -0.2) is 12.8 Å². The van der Waals surface area contributed by atoms with Crippen LogP contribution in [0.15, 0.2) is 89.4 Å². The van der Waals surface area contributed by atoms with Gasteiger partial charge in [0.05, 0.1) is 28.2 Å². The van der Waals surface area contributed by atoms with Gasteiger partial charge in [0.25, 0.3) is 0 Å². The van der Waals surface area contributed by atoms with E-state index in [0.717, 1.165) is 32.6 Å². The highest BCUT2D eigenvalue weighted by Crippen LogP contribution is 2.31. The van der Waals surface area contributed by atoms with Gasteiger partial charge in [-0.2, -0.15) is 9.40 Å². The summed E-state index contributed by atoms with van der Waals surface area (Å²) < 4.78 is 44.4. The van der Waals surface area contributed by atoms with E-state index in [1.54, 1.807) is 16.8 Å². The molecule has 0 atom stereocenters. The molecule has 0 spiro atoms. The summed E-state index contributed by atoms with van der Waals surface area (Å²) >= 11 is 3.56. The minimum absolute atomic E-state index is 0.117. The molecule has 0 aliphatic rings. The summed E-state index contributed by atoms with van der Waals surface area (Å²) in [6.07, 6.45) is 0. The SMILES string of the molecule is Cc1nn(CCS(=O)(=O)N(Cc2ccccc2)Cc2ccccc2)c(-c2ccc(F)cc2)c1Br. The Morgan fingerprint density at radius 1 is 0.882 bits per heavy atom. The Bertz CT molecular complexity index is 1300. The molecule has 0 saturated heterocycles. The molecule has 0 amide bonds. The number of nitrogens with zero attached hydrogens (tertiary/aromatic N) is 3. The zero-order valence-corrected chi connectivity index (χ0v) is 21.1. The lowest BCUT2D eigenvalue weighted by Crippen LogP contribution is -2.33. The second-order valence-corrected chi connectivity index (χ2v) is 10.9. The molecule has 0 bridgehead atoms. The quantitative estimate of drug-likeness (QED) is 0.269. The molecule has 4 rings (SSSR count). The Morgan fingerprint density at radius 3 is 1.94 bits per heavy atom. The summed E-state index contributed by atoms with van der Waals surface area (Å²) in [4.78, 5) is 0. The average molecular weight is 542 g/mol. The van der Waals surface area contributed by atoms with Gasteiger partial charge in [-0.3, -0.25) is 4.68 Å². The molecule has 1 heterocycles. The molecule has 8 heteroatoms. The third-order valence-electron chi connectivity index (χ3n) is 5.53. The van der Waals surface area contributed by atoms with Crippen LogP contribution in [0.5, 0.6) is 0 Å². The fraction of sp³-hybridized carbons (Fsp3) is 0.192. The molecule has 0 aliphatic heterocycles. The molecule has 0 radical (unpaired) electrons. The second-order valence-electron chi connectivity index (χ2n) is 8.03. The van der Waals surface area contributed by atoms with Gasteiger partial charge in [-0.1, -0.05) is 60.7 Å². The van der Waals surface area contributed by atoms with Crippen molar-refractivity contribution in [2.45, 2.75) is 26.6 Å². The van der Waals surface area contributed by atoms with Crippen molar-refractivity contribution in [3.05, 3.63) is 112 Å². The minimum atomic E-state index is -3.63. The predicted molar refractivity (Wildman–Crippen MR) is 136 cm³/mol. The van der Waals surface area contributed by atoms with E-state index in [1.807, 2.05) is 67.6 Å². The Labute approximate surface area is 208 Å². The largest absolute Gasteiger partial charge is 0.262 e. The molecule has 5 nitrogen and oxygen atoms in total. The van der Waals surface area contributed by atoms with Crippen molar-refractivity contribution in [3.8, 4) is 11.3 Å². The van der Waals surface area contributed by atoms with Gasteiger partial charge in [-0.05, 0) is 58.2 Å². The first kappa shape index (κ1) is 24.3. The molecule has 0 aliphatic carbocycles. The third-order valence-corrected chi connectivity index (χ3v) is 8.22. The zero-order chi connectivity index (χ0) is 24.1. The topological polar surface area (TPSA) is 55.2 Å². The molecule has 1 aromatic heterocycles. The number of hydrogen-bond donors (Lipinski definition) is 0. The van der Waals surface area contributed by atoms with E-state index in [0.29, 0.717) is 0 Å². The number of hydrogen-bond acceptors (Lipinski definition) is 3. The van der Waals surface area contributed by atoms with Crippen LogP contribution in [0.3, 0.4) is 0 Å². The summed E-state index contributed by atoms with van der Waals surface area (Å²) in [6.45, 7) is 2.58. The van der Waals surface area contributed by atoms with Crippen LogP contribution in [0, 0.1) is 12.7 Å². The van der Waals surface area contributed by atoms with E-state index in [4.69, 9.17) is 0 Å². The Kier molecular flexibility index (Phi) is 7.60. The third kappa shape index (κ3) is 5.81. The number of benzene rings is 3. The molecule has 4 aromatic rings. The number of sulfonamides is 1. The first-order chi connectivity index (χ1) is 16.3. The van der Waals surface area contributed by atoms with Gasteiger partial charge in [0, 0.05) is 18.7 Å². The van der Waals surface area contributed by atoms with Gasteiger partial charge in [0.2, 0.25) is 10.0 Å². The van der Waals surface area contributed by atoms with Crippen molar-refractivity contribution in [1.82, 2.24) is 14.1 Å². The van der Waals surface area contributed by atoms with Crippen molar-refractivity contribution in [2.75, 3.05) is 5.75 Å². The van der Waals surface area contributed by atoms with Crippen LogP contribution in [-0.2, 0) is 29.7 Å². The van der Waals surface area contributed by atoms with Gasteiger partial charge < -0.3 is 0 Å². The normalized spacial score (nSPS) is 11.8. The monoisotopic (exact) mass is 541 g/mol. The van der Waals surface area contributed by atoms with Gasteiger partial charge in [0.1, 0.15) is 5.82 Å². The van der Waals surface area contributed by atoms with Crippen molar-refractivity contribution in [3.63, 3.8) is 0 Å². The summed E-state index contributed by atoms with van der Waals surface area (Å²) in [5, 5.41) is 4.53. The molecule has 0 unspecified atom stereocenters. The maximum Gasteiger partial charge on any atom is 0.216 e.